The number of benzene rings is 2. The lowest BCUT2D eigenvalue weighted by molar-refractivity contribution is 0.103. The topological polar surface area (TPSA) is 67.5 Å². The van der Waals surface area contributed by atoms with Gasteiger partial charge in [0.15, 0.2) is 5.56 Å². The number of carbonyl (C=O) groups excluding carboxylic acids is 1. The van der Waals surface area contributed by atoms with Gasteiger partial charge in [-0.25, -0.2) is 4.79 Å². The lowest BCUT2D eigenvalue weighted by Gasteiger charge is -2.07. The summed E-state index contributed by atoms with van der Waals surface area (Å²) in [6.07, 6.45) is 0. The van der Waals surface area contributed by atoms with Gasteiger partial charge < -0.3 is 9.52 Å². The molecule has 0 saturated heterocycles. The standard InChI is InChI=1S/C16H8Cl2O4/c17-8-5-6-9(11(18)7-8)14(19)13-15(20)10-3-1-2-4-12(10)22-16(13)21/h1-7,20H. The Kier molecular flexibility index (Phi) is 3.64. The molecule has 0 amide bonds. The molecule has 0 aliphatic rings. The molecular formula is C16H8Cl2O4. The zero-order valence-corrected chi connectivity index (χ0v) is 12.5. The summed E-state index contributed by atoms with van der Waals surface area (Å²) in [4.78, 5) is 24.5. The second-order valence-corrected chi connectivity index (χ2v) is 5.41. The summed E-state index contributed by atoms with van der Waals surface area (Å²) < 4.78 is 5.07. The molecule has 2 aromatic carbocycles. The average molecular weight is 335 g/mol. The van der Waals surface area contributed by atoms with E-state index in [0.29, 0.717) is 5.02 Å². The van der Waals surface area contributed by atoms with E-state index in [1.165, 1.54) is 24.3 Å². The van der Waals surface area contributed by atoms with Crippen molar-refractivity contribution in [3.8, 4) is 5.75 Å². The van der Waals surface area contributed by atoms with Gasteiger partial charge in [0.2, 0.25) is 5.78 Å². The quantitative estimate of drug-likeness (QED) is 0.567. The minimum atomic E-state index is -0.924. The Morgan fingerprint density at radius 1 is 1.09 bits per heavy atom. The molecule has 1 N–H and O–H groups in total. The third-order valence-electron chi connectivity index (χ3n) is 3.19. The number of ketones is 1. The van der Waals surface area contributed by atoms with E-state index in [2.05, 4.69) is 0 Å². The minimum absolute atomic E-state index is 0.0592. The van der Waals surface area contributed by atoms with Gasteiger partial charge >= 0.3 is 5.63 Å². The molecule has 3 aromatic rings. The first-order valence-electron chi connectivity index (χ1n) is 6.23. The summed E-state index contributed by atoms with van der Waals surface area (Å²) in [5.74, 6) is -1.15. The highest BCUT2D eigenvalue weighted by atomic mass is 35.5. The fraction of sp³-hybridized carbons (Fsp3) is 0. The molecule has 3 rings (SSSR count). The predicted octanol–water partition coefficient (Wildman–Crippen LogP) is 4.04. The number of hydrogen-bond acceptors (Lipinski definition) is 4. The Morgan fingerprint density at radius 3 is 2.55 bits per heavy atom. The van der Waals surface area contributed by atoms with Crippen molar-refractivity contribution < 1.29 is 14.3 Å². The van der Waals surface area contributed by atoms with Gasteiger partial charge in [0.25, 0.3) is 0 Å². The van der Waals surface area contributed by atoms with Gasteiger partial charge in [-0.1, -0.05) is 35.3 Å². The Morgan fingerprint density at radius 2 is 1.82 bits per heavy atom. The fourth-order valence-electron chi connectivity index (χ4n) is 2.14. The summed E-state index contributed by atoms with van der Waals surface area (Å²) in [6, 6.07) is 10.6. The number of hydrogen-bond donors (Lipinski definition) is 1. The zero-order valence-electron chi connectivity index (χ0n) is 11.0. The number of halogens is 2. The van der Waals surface area contributed by atoms with Gasteiger partial charge in [-0.05, 0) is 30.3 Å². The first-order valence-corrected chi connectivity index (χ1v) is 6.99. The number of rotatable bonds is 2. The van der Waals surface area contributed by atoms with Crippen LogP contribution in [0.15, 0.2) is 51.7 Å². The monoisotopic (exact) mass is 334 g/mol. The van der Waals surface area contributed by atoms with Gasteiger partial charge in [-0.2, -0.15) is 0 Å². The van der Waals surface area contributed by atoms with Crippen LogP contribution < -0.4 is 5.63 Å². The maximum Gasteiger partial charge on any atom is 0.351 e. The van der Waals surface area contributed by atoms with E-state index in [1.54, 1.807) is 18.2 Å². The van der Waals surface area contributed by atoms with E-state index in [9.17, 15) is 14.7 Å². The molecule has 0 radical (unpaired) electrons. The molecule has 0 aliphatic heterocycles. The number of para-hydroxylation sites is 1. The van der Waals surface area contributed by atoms with Crippen molar-refractivity contribution in [1.82, 2.24) is 0 Å². The van der Waals surface area contributed by atoms with E-state index in [-0.39, 0.29) is 21.6 Å². The third kappa shape index (κ3) is 2.36. The Bertz CT molecular complexity index is 960. The molecule has 0 bridgehead atoms. The van der Waals surface area contributed by atoms with Crippen molar-refractivity contribution in [3.63, 3.8) is 0 Å². The number of fused-ring (bicyclic) bond motifs is 1. The van der Waals surface area contributed by atoms with E-state index < -0.39 is 22.7 Å². The maximum atomic E-state index is 12.5. The molecule has 22 heavy (non-hydrogen) atoms. The summed E-state index contributed by atoms with van der Waals surface area (Å²) in [7, 11) is 0. The molecule has 0 fully saturated rings. The van der Waals surface area contributed by atoms with Crippen molar-refractivity contribution in [3.05, 3.63) is 74.1 Å². The molecule has 4 nitrogen and oxygen atoms in total. The van der Waals surface area contributed by atoms with Crippen LogP contribution in [0, 0.1) is 0 Å². The second kappa shape index (κ2) is 5.48. The van der Waals surface area contributed by atoms with Crippen molar-refractivity contribution in [2.45, 2.75) is 0 Å². The van der Waals surface area contributed by atoms with E-state index in [1.807, 2.05) is 0 Å². The van der Waals surface area contributed by atoms with Gasteiger partial charge in [-0.15, -0.1) is 0 Å². The van der Waals surface area contributed by atoms with Crippen molar-refractivity contribution in [1.29, 1.82) is 0 Å². The Labute approximate surface area is 134 Å². The zero-order chi connectivity index (χ0) is 15.9. The SMILES string of the molecule is O=C(c1ccc(Cl)cc1Cl)c1c(O)c2ccccc2oc1=O. The van der Waals surface area contributed by atoms with Crippen LogP contribution in [0.25, 0.3) is 11.0 Å². The summed E-state index contributed by atoms with van der Waals surface area (Å²) in [5.41, 5.74) is -1.12. The van der Waals surface area contributed by atoms with E-state index >= 15 is 0 Å². The number of carbonyl (C=O) groups is 1. The van der Waals surface area contributed by atoms with Crippen molar-refractivity contribution in [2.24, 2.45) is 0 Å². The van der Waals surface area contributed by atoms with Crippen LogP contribution in [0.4, 0.5) is 0 Å². The normalized spacial score (nSPS) is 10.8. The Balaban J connectivity index is 2.25. The molecule has 110 valence electrons. The molecule has 1 heterocycles. The van der Waals surface area contributed by atoms with Crippen molar-refractivity contribution >= 4 is 40.0 Å². The predicted molar refractivity (Wildman–Crippen MR) is 84.0 cm³/mol. The highest BCUT2D eigenvalue weighted by Crippen LogP contribution is 2.30. The fourth-order valence-corrected chi connectivity index (χ4v) is 2.64. The summed E-state index contributed by atoms with van der Waals surface area (Å²) in [6.45, 7) is 0. The van der Waals surface area contributed by atoms with Gasteiger partial charge in [0.05, 0.1) is 10.4 Å². The van der Waals surface area contributed by atoms with Crippen LogP contribution in [-0.4, -0.2) is 10.9 Å². The molecule has 0 saturated carbocycles. The van der Waals surface area contributed by atoms with Crippen molar-refractivity contribution in [2.75, 3.05) is 0 Å². The lowest BCUT2D eigenvalue weighted by atomic mass is 10.0. The van der Waals surface area contributed by atoms with Gasteiger partial charge in [0.1, 0.15) is 11.3 Å². The lowest BCUT2D eigenvalue weighted by Crippen LogP contribution is -2.15. The average Bonchev–Trinajstić information content (AvgIpc) is 2.47. The van der Waals surface area contributed by atoms with Crippen LogP contribution in [0.1, 0.15) is 15.9 Å². The molecule has 0 atom stereocenters. The Hall–Kier alpha value is -2.30. The maximum absolute atomic E-state index is 12.5. The minimum Gasteiger partial charge on any atom is -0.506 e. The first kappa shape index (κ1) is 14.6. The summed E-state index contributed by atoms with van der Waals surface area (Å²) >= 11 is 11.8. The van der Waals surface area contributed by atoms with Crippen LogP contribution in [0.3, 0.4) is 0 Å². The third-order valence-corrected chi connectivity index (χ3v) is 3.74. The largest absolute Gasteiger partial charge is 0.506 e. The molecule has 0 aliphatic carbocycles. The second-order valence-electron chi connectivity index (χ2n) is 4.56. The molecule has 1 aromatic heterocycles. The smallest absolute Gasteiger partial charge is 0.351 e. The van der Waals surface area contributed by atoms with Crippen LogP contribution in [-0.2, 0) is 0 Å². The van der Waals surface area contributed by atoms with E-state index in [4.69, 9.17) is 27.6 Å². The molecule has 0 spiro atoms. The highest BCUT2D eigenvalue weighted by Gasteiger charge is 2.23. The number of aromatic hydroxyl groups is 1. The highest BCUT2D eigenvalue weighted by molar-refractivity contribution is 6.37. The first-order chi connectivity index (χ1) is 10.5. The van der Waals surface area contributed by atoms with Crippen LogP contribution >= 0.6 is 23.2 Å². The molecular weight excluding hydrogens is 327 g/mol. The van der Waals surface area contributed by atoms with Gasteiger partial charge in [-0.3, -0.25) is 4.79 Å². The van der Waals surface area contributed by atoms with Crippen LogP contribution in [0.5, 0.6) is 5.75 Å². The van der Waals surface area contributed by atoms with Gasteiger partial charge in [0, 0.05) is 10.6 Å². The molecule has 0 unspecified atom stereocenters. The van der Waals surface area contributed by atoms with Crippen LogP contribution in [0.2, 0.25) is 10.0 Å². The van der Waals surface area contributed by atoms with E-state index in [0.717, 1.165) is 0 Å². The molecule has 6 heteroatoms. The summed E-state index contributed by atoms with van der Waals surface area (Å²) in [5, 5.41) is 11.0.